The summed E-state index contributed by atoms with van der Waals surface area (Å²) in [6, 6.07) is -0.484. The molecular weight excluding hydrogens is 324 g/mol. The molecule has 7 nitrogen and oxygen atoms in total. The molecule has 5 unspecified atom stereocenters. The summed E-state index contributed by atoms with van der Waals surface area (Å²) in [7, 11) is 0. The van der Waals surface area contributed by atoms with Crippen molar-refractivity contribution in [2.45, 2.75) is 75.4 Å². The van der Waals surface area contributed by atoms with Crippen molar-refractivity contribution in [2.75, 3.05) is 39.4 Å². The normalized spacial score (nSPS) is 34.3. The van der Waals surface area contributed by atoms with Crippen LogP contribution in [0.15, 0.2) is 0 Å². The lowest BCUT2D eigenvalue weighted by molar-refractivity contribution is -0.145. The number of aliphatic hydroxyl groups is 4. The number of hydrogen-bond acceptors (Lipinski definition) is 7. The van der Waals surface area contributed by atoms with Gasteiger partial charge in [-0.1, -0.05) is 32.1 Å². The zero-order chi connectivity index (χ0) is 18.1. The number of likely N-dealkylation sites (tertiary alicyclic amines) is 1. The summed E-state index contributed by atoms with van der Waals surface area (Å²) in [5.74, 6) is 0. The standard InChI is InChI=1S/C18H36N2O5/c21-13-15-17(23)18(24)16(22)12-20(15)9-6-4-2-1-3-5-7-14-11-19-8-10-25-14/h14-19,21-24H,1-13H2. The van der Waals surface area contributed by atoms with Crippen LogP contribution in [0.3, 0.4) is 0 Å². The minimum absolute atomic E-state index is 0.205. The highest BCUT2D eigenvalue weighted by molar-refractivity contribution is 4.93. The summed E-state index contributed by atoms with van der Waals surface area (Å²) in [6.45, 7) is 3.61. The van der Waals surface area contributed by atoms with E-state index in [1.54, 1.807) is 0 Å². The molecule has 0 aromatic rings. The molecule has 0 bridgehead atoms. The van der Waals surface area contributed by atoms with E-state index in [2.05, 4.69) is 5.32 Å². The molecule has 5 atom stereocenters. The number of rotatable bonds is 10. The SMILES string of the molecule is OCC1C(O)C(O)C(O)CN1CCCCCCCCC1CNCCO1. The van der Waals surface area contributed by atoms with Gasteiger partial charge in [0.25, 0.3) is 0 Å². The molecule has 0 amide bonds. The molecule has 2 rings (SSSR count). The molecule has 2 fully saturated rings. The lowest BCUT2D eigenvalue weighted by Crippen LogP contribution is -2.62. The molecule has 0 aromatic carbocycles. The maximum Gasteiger partial charge on any atom is 0.109 e. The maximum atomic E-state index is 9.96. The third kappa shape index (κ3) is 6.75. The average molecular weight is 360 g/mol. The van der Waals surface area contributed by atoms with Gasteiger partial charge in [-0.15, -0.1) is 0 Å². The molecule has 0 spiro atoms. The molecular formula is C18H36N2O5. The van der Waals surface area contributed by atoms with E-state index in [4.69, 9.17) is 4.74 Å². The first-order valence-electron chi connectivity index (χ1n) is 9.85. The van der Waals surface area contributed by atoms with Gasteiger partial charge in [0.2, 0.25) is 0 Å². The summed E-state index contributed by atoms with van der Waals surface area (Å²) >= 11 is 0. The summed E-state index contributed by atoms with van der Waals surface area (Å²) in [5.41, 5.74) is 0. The van der Waals surface area contributed by atoms with Crippen LogP contribution >= 0.6 is 0 Å². The number of nitrogens with one attached hydrogen (secondary N) is 1. The second-order valence-electron chi connectivity index (χ2n) is 7.40. The van der Waals surface area contributed by atoms with Crippen molar-refractivity contribution in [3.8, 4) is 0 Å². The van der Waals surface area contributed by atoms with Gasteiger partial charge in [-0.25, -0.2) is 0 Å². The number of aliphatic hydroxyl groups excluding tert-OH is 4. The Labute approximate surface area is 151 Å². The Morgan fingerprint density at radius 1 is 0.960 bits per heavy atom. The Balaban J connectivity index is 1.50. The van der Waals surface area contributed by atoms with Crippen LogP contribution in [0.4, 0.5) is 0 Å². The summed E-state index contributed by atoms with van der Waals surface area (Å²) in [4.78, 5) is 1.90. The number of hydrogen-bond donors (Lipinski definition) is 5. The van der Waals surface area contributed by atoms with Crippen molar-refractivity contribution >= 4 is 0 Å². The van der Waals surface area contributed by atoms with Crippen LogP contribution in [-0.2, 0) is 4.74 Å². The Hall–Kier alpha value is -0.280. The highest BCUT2D eigenvalue weighted by atomic mass is 16.5. The largest absolute Gasteiger partial charge is 0.395 e. The molecule has 7 heteroatoms. The smallest absolute Gasteiger partial charge is 0.109 e. The van der Waals surface area contributed by atoms with Crippen LogP contribution < -0.4 is 5.32 Å². The van der Waals surface area contributed by atoms with E-state index in [0.29, 0.717) is 12.6 Å². The molecule has 2 aliphatic heterocycles. The van der Waals surface area contributed by atoms with Crippen molar-refractivity contribution in [1.29, 1.82) is 0 Å². The van der Waals surface area contributed by atoms with Crippen LogP contribution in [0.1, 0.15) is 44.9 Å². The van der Waals surface area contributed by atoms with E-state index in [0.717, 1.165) is 45.5 Å². The van der Waals surface area contributed by atoms with Gasteiger partial charge in [0, 0.05) is 19.6 Å². The fourth-order valence-corrected chi connectivity index (χ4v) is 3.83. The number of morpholine rings is 1. The summed E-state index contributed by atoms with van der Waals surface area (Å²) < 4.78 is 5.69. The number of β-amino-alcohol motifs (C(OH)–C–C–N with tert-alkyl or cyclic N) is 1. The van der Waals surface area contributed by atoms with Crippen molar-refractivity contribution in [2.24, 2.45) is 0 Å². The first-order valence-corrected chi connectivity index (χ1v) is 9.85. The minimum Gasteiger partial charge on any atom is -0.395 e. The predicted molar refractivity (Wildman–Crippen MR) is 95.4 cm³/mol. The molecule has 25 heavy (non-hydrogen) atoms. The summed E-state index contributed by atoms with van der Waals surface area (Å²) in [5, 5.41) is 42.2. The Morgan fingerprint density at radius 2 is 1.68 bits per heavy atom. The summed E-state index contributed by atoms with van der Waals surface area (Å²) in [6.07, 6.45) is 5.22. The van der Waals surface area contributed by atoms with Crippen LogP contribution in [0, 0.1) is 0 Å². The zero-order valence-electron chi connectivity index (χ0n) is 15.2. The van der Waals surface area contributed by atoms with E-state index in [1.807, 2.05) is 4.90 Å². The fraction of sp³-hybridized carbons (Fsp3) is 1.00. The van der Waals surface area contributed by atoms with Gasteiger partial charge in [0.1, 0.15) is 12.2 Å². The topological polar surface area (TPSA) is 105 Å². The average Bonchev–Trinajstić information content (AvgIpc) is 2.63. The van der Waals surface area contributed by atoms with Crippen LogP contribution in [0.2, 0.25) is 0 Å². The molecule has 0 saturated carbocycles. The van der Waals surface area contributed by atoms with Crippen molar-refractivity contribution in [3.63, 3.8) is 0 Å². The number of piperidine rings is 1. The second kappa shape index (κ2) is 11.4. The lowest BCUT2D eigenvalue weighted by atomic mass is 9.94. The van der Waals surface area contributed by atoms with Gasteiger partial charge in [-0.05, 0) is 19.4 Å². The molecule has 0 radical (unpaired) electrons. The van der Waals surface area contributed by atoms with E-state index >= 15 is 0 Å². The highest BCUT2D eigenvalue weighted by Crippen LogP contribution is 2.20. The molecule has 2 heterocycles. The van der Waals surface area contributed by atoms with Crippen LogP contribution in [0.25, 0.3) is 0 Å². The third-order valence-electron chi connectivity index (χ3n) is 5.44. The Kier molecular flexibility index (Phi) is 9.62. The highest BCUT2D eigenvalue weighted by Gasteiger charge is 2.40. The van der Waals surface area contributed by atoms with Gasteiger partial charge in [-0.2, -0.15) is 0 Å². The first-order chi connectivity index (χ1) is 12.1. The number of nitrogens with zero attached hydrogens (tertiary/aromatic N) is 1. The molecule has 2 aliphatic rings. The predicted octanol–water partition coefficient (Wildman–Crippen LogP) is -0.535. The molecule has 0 aromatic heterocycles. The lowest BCUT2D eigenvalue weighted by Gasteiger charge is -2.43. The third-order valence-corrected chi connectivity index (χ3v) is 5.44. The van der Waals surface area contributed by atoms with Crippen LogP contribution in [0.5, 0.6) is 0 Å². The van der Waals surface area contributed by atoms with Crippen LogP contribution in [-0.4, -0.2) is 95.2 Å². The molecule has 148 valence electrons. The quantitative estimate of drug-likeness (QED) is 0.333. The first kappa shape index (κ1) is 21.0. The van der Waals surface area contributed by atoms with Crippen molar-refractivity contribution < 1.29 is 25.2 Å². The van der Waals surface area contributed by atoms with E-state index in [1.165, 1.54) is 25.7 Å². The van der Waals surface area contributed by atoms with Crippen molar-refractivity contribution in [1.82, 2.24) is 10.2 Å². The number of ether oxygens (including phenoxy) is 1. The van der Waals surface area contributed by atoms with E-state index < -0.39 is 24.4 Å². The second-order valence-corrected chi connectivity index (χ2v) is 7.40. The van der Waals surface area contributed by atoms with E-state index in [-0.39, 0.29) is 6.61 Å². The van der Waals surface area contributed by atoms with Crippen molar-refractivity contribution in [3.05, 3.63) is 0 Å². The zero-order valence-corrected chi connectivity index (χ0v) is 15.2. The van der Waals surface area contributed by atoms with Gasteiger partial charge < -0.3 is 30.5 Å². The fourth-order valence-electron chi connectivity index (χ4n) is 3.83. The molecule has 2 saturated heterocycles. The van der Waals surface area contributed by atoms with Gasteiger partial charge in [0.05, 0.1) is 31.5 Å². The molecule has 5 N–H and O–H groups in total. The Morgan fingerprint density at radius 3 is 2.36 bits per heavy atom. The van der Waals surface area contributed by atoms with Gasteiger partial charge >= 0.3 is 0 Å². The minimum atomic E-state index is -1.17. The monoisotopic (exact) mass is 360 g/mol. The van der Waals surface area contributed by atoms with E-state index in [9.17, 15) is 20.4 Å². The molecule has 0 aliphatic carbocycles. The van der Waals surface area contributed by atoms with Gasteiger partial charge in [-0.3, -0.25) is 4.90 Å². The Bertz CT molecular complexity index is 354. The maximum absolute atomic E-state index is 9.96. The number of unbranched alkanes of at least 4 members (excludes halogenated alkanes) is 5. The van der Waals surface area contributed by atoms with Gasteiger partial charge in [0.15, 0.2) is 0 Å².